The van der Waals surface area contributed by atoms with Gasteiger partial charge >= 0.3 is 5.97 Å². The zero-order valence-electron chi connectivity index (χ0n) is 13.6. The van der Waals surface area contributed by atoms with Crippen molar-refractivity contribution in [3.63, 3.8) is 0 Å². The van der Waals surface area contributed by atoms with Crippen molar-refractivity contribution in [1.29, 1.82) is 0 Å². The van der Waals surface area contributed by atoms with E-state index in [-0.39, 0.29) is 12.1 Å². The predicted octanol–water partition coefficient (Wildman–Crippen LogP) is 2.96. The summed E-state index contributed by atoms with van der Waals surface area (Å²) < 4.78 is 12.6. The molecule has 1 aromatic heterocycles. The molecule has 0 bridgehead atoms. The molecule has 0 amide bonds. The Bertz CT molecular complexity index is 700. The number of aliphatic hydroxyl groups excluding tert-OH is 1. The number of aryl methyl sites for hydroxylation is 1. The maximum Gasteiger partial charge on any atom is 0.354 e. The van der Waals surface area contributed by atoms with Crippen LogP contribution in [0.2, 0.25) is 0 Å². The van der Waals surface area contributed by atoms with Gasteiger partial charge in [-0.1, -0.05) is 12.1 Å². The van der Waals surface area contributed by atoms with E-state index in [2.05, 4.69) is 0 Å². The predicted molar refractivity (Wildman–Crippen MR) is 87.4 cm³/mol. The minimum atomic E-state index is -0.684. The monoisotopic (exact) mass is 317 g/mol. The molecular formula is C18H23NO4. The Kier molecular flexibility index (Phi) is 4.68. The molecule has 2 aromatic rings. The molecule has 23 heavy (non-hydrogen) atoms. The van der Waals surface area contributed by atoms with Gasteiger partial charge in [-0.25, -0.2) is 4.79 Å². The summed E-state index contributed by atoms with van der Waals surface area (Å²) in [6, 6.07) is 7.54. The van der Waals surface area contributed by atoms with Crippen molar-refractivity contribution in [3.05, 3.63) is 35.5 Å². The number of nitrogens with zero attached hydrogens (tertiary/aromatic N) is 1. The minimum Gasteiger partial charge on any atom is -0.461 e. The van der Waals surface area contributed by atoms with Gasteiger partial charge in [-0.15, -0.1) is 0 Å². The van der Waals surface area contributed by atoms with Crippen molar-refractivity contribution in [2.75, 3.05) is 13.2 Å². The van der Waals surface area contributed by atoms with Gasteiger partial charge in [-0.2, -0.15) is 0 Å². The lowest BCUT2D eigenvalue weighted by atomic mass is 9.96. The molecular weight excluding hydrogens is 294 g/mol. The van der Waals surface area contributed by atoms with Crippen LogP contribution >= 0.6 is 0 Å². The number of ether oxygens (including phenoxy) is 2. The summed E-state index contributed by atoms with van der Waals surface area (Å²) in [6.07, 6.45) is 2.11. The number of fused-ring (bicyclic) bond motifs is 1. The largest absolute Gasteiger partial charge is 0.461 e. The number of aliphatic hydroxyl groups is 1. The molecule has 0 saturated carbocycles. The third-order valence-corrected chi connectivity index (χ3v) is 4.49. The Labute approximate surface area is 135 Å². The molecule has 3 rings (SSSR count). The van der Waals surface area contributed by atoms with Gasteiger partial charge in [0.25, 0.3) is 0 Å². The van der Waals surface area contributed by atoms with Crippen molar-refractivity contribution in [2.24, 2.45) is 7.05 Å². The van der Waals surface area contributed by atoms with Gasteiger partial charge in [0.15, 0.2) is 0 Å². The molecule has 1 aromatic carbocycles. The van der Waals surface area contributed by atoms with Gasteiger partial charge in [0.05, 0.1) is 12.7 Å². The van der Waals surface area contributed by atoms with E-state index in [9.17, 15) is 9.90 Å². The summed E-state index contributed by atoms with van der Waals surface area (Å²) in [5.74, 6) is -0.347. The topological polar surface area (TPSA) is 60.7 Å². The molecule has 2 atom stereocenters. The zero-order valence-corrected chi connectivity index (χ0v) is 13.6. The summed E-state index contributed by atoms with van der Waals surface area (Å²) in [5, 5.41) is 11.6. The van der Waals surface area contributed by atoms with Gasteiger partial charge in [-0.3, -0.25) is 0 Å². The van der Waals surface area contributed by atoms with Crippen LogP contribution in [-0.2, 0) is 16.5 Å². The molecule has 1 aliphatic rings. The summed E-state index contributed by atoms with van der Waals surface area (Å²) in [6.45, 7) is 2.82. The second-order valence-corrected chi connectivity index (χ2v) is 5.94. The van der Waals surface area contributed by atoms with Gasteiger partial charge in [0.2, 0.25) is 0 Å². The number of carbonyl (C=O) groups is 1. The van der Waals surface area contributed by atoms with E-state index in [1.54, 1.807) is 13.0 Å². The van der Waals surface area contributed by atoms with Crippen LogP contribution < -0.4 is 0 Å². The molecule has 0 radical (unpaired) electrons. The molecule has 1 N–H and O–H groups in total. The van der Waals surface area contributed by atoms with Crippen LogP contribution in [0.3, 0.4) is 0 Å². The summed E-state index contributed by atoms with van der Waals surface area (Å²) >= 11 is 0. The van der Waals surface area contributed by atoms with Crippen LogP contribution in [0.15, 0.2) is 24.3 Å². The van der Waals surface area contributed by atoms with Gasteiger partial charge in [-0.05, 0) is 43.9 Å². The normalized spacial score (nSPS) is 19.7. The van der Waals surface area contributed by atoms with Crippen molar-refractivity contribution in [1.82, 2.24) is 4.57 Å². The first-order valence-corrected chi connectivity index (χ1v) is 8.18. The van der Waals surface area contributed by atoms with E-state index in [1.807, 2.05) is 29.8 Å². The molecule has 1 saturated heterocycles. The molecule has 0 spiro atoms. The highest BCUT2D eigenvalue weighted by Gasteiger charge is 2.26. The van der Waals surface area contributed by atoms with E-state index < -0.39 is 6.10 Å². The van der Waals surface area contributed by atoms with Crippen molar-refractivity contribution in [3.8, 4) is 0 Å². The summed E-state index contributed by atoms with van der Waals surface area (Å²) in [4.78, 5) is 12.1. The number of benzene rings is 1. The van der Waals surface area contributed by atoms with Crippen LogP contribution in [0.1, 0.15) is 48.3 Å². The number of rotatable bonds is 4. The first-order chi connectivity index (χ1) is 11.1. The molecule has 2 unspecified atom stereocenters. The van der Waals surface area contributed by atoms with Gasteiger partial charge in [0, 0.05) is 24.6 Å². The molecule has 1 fully saturated rings. The Morgan fingerprint density at radius 1 is 1.48 bits per heavy atom. The third kappa shape index (κ3) is 2.99. The number of hydrogen-bond acceptors (Lipinski definition) is 4. The van der Waals surface area contributed by atoms with Crippen LogP contribution in [0.4, 0.5) is 0 Å². The highest BCUT2D eigenvalue weighted by Crippen LogP contribution is 2.32. The maximum atomic E-state index is 12.1. The number of aromatic nitrogens is 1. The first-order valence-electron chi connectivity index (χ1n) is 8.18. The fourth-order valence-electron chi connectivity index (χ4n) is 3.26. The smallest absolute Gasteiger partial charge is 0.354 e. The average molecular weight is 317 g/mol. The Balaban J connectivity index is 2.01. The lowest BCUT2D eigenvalue weighted by Crippen LogP contribution is -2.26. The minimum absolute atomic E-state index is 0.180. The first kappa shape index (κ1) is 16.0. The fraction of sp³-hybridized carbons (Fsp3) is 0.500. The lowest BCUT2D eigenvalue weighted by Gasteiger charge is -2.27. The Morgan fingerprint density at radius 2 is 2.30 bits per heavy atom. The standard InChI is InChI=1S/C18H23NO4/c1-3-22-18(21)15-11-13-12(7-6-8-14(13)19(15)2)17(20)16-9-4-5-10-23-16/h6-8,11,16-17,20H,3-5,9-10H2,1-2H3. The highest BCUT2D eigenvalue weighted by atomic mass is 16.5. The lowest BCUT2D eigenvalue weighted by molar-refractivity contribution is -0.0628. The molecule has 1 aliphatic heterocycles. The van der Waals surface area contributed by atoms with Gasteiger partial charge < -0.3 is 19.1 Å². The zero-order chi connectivity index (χ0) is 16.4. The summed E-state index contributed by atoms with van der Waals surface area (Å²) in [7, 11) is 1.84. The van der Waals surface area contributed by atoms with Crippen molar-refractivity contribution >= 4 is 16.9 Å². The average Bonchev–Trinajstić information content (AvgIpc) is 2.92. The maximum absolute atomic E-state index is 12.1. The number of esters is 1. The molecule has 2 heterocycles. The number of carbonyl (C=O) groups excluding carboxylic acids is 1. The van der Waals surface area contributed by atoms with Crippen LogP contribution in [-0.4, -0.2) is 35.0 Å². The van der Waals surface area contributed by atoms with Crippen LogP contribution in [0.25, 0.3) is 10.9 Å². The SMILES string of the molecule is CCOC(=O)c1cc2c(C(O)C3CCCCO3)cccc2n1C. The van der Waals surface area contributed by atoms with Crippen LogP contribution in [0.5, 0.6) is 0 Å². The molecule has 124 valence electrons. The van der Waals surface area contributed by atoms with Crippen LogP contribution in [0, 0.1) is 0 Å². The molecule has 0 aliphatic carbocycles. The van der Waals surface area contributed by atoms with E-state index >= 15 is 0 Å². The molecule has 5 nitrogen and oxygen atoms in total. The van der Waals surface area contributed by atoms with E-state index in [4.69, 9.17) is 9.47 Å². The van der Waals surface area contributed by atoms with E-state index in [0.29, 0.717) is 18.9 Å². The Morgan fingerprint density at radius 3 is 3.00 bits per heavy atom. The number of hydrogen-bond donors (Lipinski definition) is 1. The second-order valence-electron chi connectivity index (χ2n) is 5.94. The van der Waals surface area contributed by atoms with Crippen molar-refractivity contribution in [2.45, 2.75) is 38.4 Å². The van der Waals surface area contributed by atoms with Gasteiger partial charge in [0.1, 0.15) is 11.8 Å². The quantitative estimate of drug-likeness (QED) is 0.881. The Hall–Kier alpha value is -1.85. The summed E-state index contributed by atoms with van der Waals surface area (Å²) in [5.41, 5.74) is 2.20. The second kappa shape index (κ2) is 6.72. The third-order valence-electron chi connectivity index (χ3n) is 4.49. The highest BCUT2D eigenvalue weighted by molar-refractivity contribution is 5.96. The van der Waals surface area contributed by atoms with E-state index in [1.165, 1.54) is 0 Å². The molecule has 5 heteroatoms. The van der Waals surface area contributed by atoms with Crippen molar-refractivity contribution < 1.29 is 19.4 Å². The fourth-order valence-corrected chi connectivity index (χ4v) is 3.26. The van der Waals surface area contributed by atoms with E-state index in [0.717, 1.165) is 35.7 Å².